The van der Waals surface area contributed by atoms with Crippen LogP contribution in [-0.4, -0.2) is 18.6 Å². The van der Waals surface area contributed by atoms with Crippen LogP contribution in [0.2, 0.25) is 0 Å². The lowest BCUT2D eigenvalue weighted by Crippen LogP contribution is -2.20. The predicted molar refractivity (Wildman–Crippen MR) is 113 cm³/mol. The minimum atomic E-state index is -0.215. The summed E-state index contributed by atoms with van der Waals surface area (Å²) in [6.45, 7) is 4.03. The maximum Gasteiger partial charge on any atom is 0.262 e. The number of anilines is 1. The lowest BCUT2D eigenvalue weighted by Gasteiger charge is -2.14. The van der Waals surface area contributed by atoms with Crippen molar-refractivity contribution in [2.24, 2.45) is 0 Å². The first-order chi connectivity index (χ1) is 13.6. The maximum absolute atomic E-state index is 12.2. The van der Waals surface area contributed by atoms with Crippen molar-refractivity contribution >= 4 is 11.6 Å². The van der Waals surface area contributed by atoms with Crippen LogP contribution >= 0.6 is 0 Å². The van der Waals surface area contributed by atoms with Gasteiger partial charge in [0.25, 0.3) is 5.91 Å². The summed E-state index contributed by atoms with van der Waals surface area (Å²) in [5.41, 5.74) is 2.94. The standard InChI is InChI=1S/C24H25NO3/c1-3-18(2)28-23-11-7-10-21(16-23)25-24(26)17-27-22-14-12-20(13-15-22)19-8-5-4-6-9-19/h4-16,18H,3,17H2,1-2H3,(H,25,26). The van der Waals surface area contributed by atoms with Gasteiger partial charge in [0.15, 0.2) is 6.61 Å². The van der Waals surface area contributed by atoms with Crippen molar-refractivity contribution in [3.63, 3.8) is 0 Å². The molecule has 1 N–H and O–H groups in total. The fraction of sp³-hybridized carbons (Fsp3) is 0.208. The summed E-state index contributed by atoms with van der Waals surface area (Å²) in [5, 5.41) is 2.84. The number of ether oxygens (including phenoxy) is 2. The average Bonchev–Trinajstić information content (AvgIpc) is 2.73. The Kier molecular flexibility index (Phi) is 6.68. The molecule has 28 heavy (non-hydrogen) atoms. The monoisotopic (exact) mass is 375 g/mol. The summed E-state index contributed by atoms with van der Waals surface area (Å²) >= 11 is 0. The van der Waals surface area contributed by atoms with Gasteiger partial charge in [-0.25, -0.2) is 0 Å². The molecule has 0 aromatic heterocycles. The number of carbonyl (C=O) groups is 1. The van der Waals surface area contributed by atoms with E-state index in [9.17, 15) is 4.79 Å². The van der Waals surface area contributed by atoms with Gasteiger partial charge in [-0.1, -0.05) is 55.5 Å². The number of nitrogens with one attached hydrogen (secondary N) is 1. The molecular weight excluding hydrogens is 350 g/mol. The van der Waals surface area contributed by atoms with Crippen LogP contribution in [0.3, 0.4) is 0 Å². The SMILES string of the molecule is CCC(C)Oc1cccc(NC(=O)COc2ccc(-c3ccccc3)cc2)c1. The van der Waals surface area contributed by atoms with Crippen LogP contribution in [0.5, 0.6) is 11.5 Å². The highest BCUT2D eigenvalue weighted by atomic mass is 16.5. The van der Waals surface area contributed by atoms with Crippen LogP contribution in [0.25, 0.3) is 11.1 Å². The van der Waals surface area contributed by atoms with E-state index in [2.05, 4.69) is 24.4 Å². The van der Waals surface area contributed by atoms with E-state index >= 15 is 0 Å². The summed E-state index contributed by atoms with van der Waals surface area (Å²) in [5.74, 6) is 1.18. The van der Waals surface area contributed by atoms with E-state index in [-0.39, 0.29) is 18.6 Å². The molecule has 0 saturated heterocycles. The van der Waals surface area contributed by atoms with Gasteiger partial charge in [0.1, 0.15) is 11.5 Å². The zero-order chi connectivity index (χ0) is 19.8. The lowest BCUT2D eigenvalue weighted by atomic mass is 10.1. The molecule has 0 radical (unpaired) electrons. The molecular formula is C24H25NO3. The van der Waals surface area contributed by atoms with Gasteiger partial charge >= 0.3 is 0 Å². The third-order valence-electron chi connectivity index (χ3n) is 4.36. The van der Waals surface area contributed by atoms with Crippen molar-refractivity contribution < 1.29 is 14.3 Å². The molecule has 3 aromatic rings. The molecule has 4 nitrogen and oxygen atoms in total. The maximum atomic E-state index is 12.2. The largest absolute Gasteiger partial charge is 0.491 e. The number of benzene rings is 3. The molecule has 0 bridgehead atoms. The van der Waals surface area contributed by atoms with Crippen molar-refractivity contribution in [2.45, 2.75) is 26.4 Å². The second-order valence-electron chi connectivity index (χ2n) is 6.59. The Morgan fingerprint density at radius 2 is 1.61 bits per heavy atom. The molecule has 0 aliphatic heterocycles. The molecule has 0 aliphatic carbocycles. The zero-order valence-corrected chi connectivity index (χ0v) is 16.2. The number of amides is 1. The summed E-state index contributed by atoms with van der Waals surface area (Å²) in [6, 6.07) is 25.2. The van der Waals surface area contributed by atoms with Crippen molar-refractivity contribution in [1.29, 1.82) is 0 Å². The predicted octanol–water partition coefficient (Wildman–Crippen LogP) is 5.55. The molecule has 0 aliphatic rings. The first-order valence-electron chi connectivity index (χ1n) is 9.49. The third-order valence-corrected chi connectivity index (χ3v) is 4.36. The van der Waals surface area contributed by atoms with E-state index in [0.29, 0.717) is 11.4 Å². The van der Waals surface area contributed by atoms with Crippen LogP contribution in [0.15, 0.2) is 78.9 Å². The minimum absolute atomic E-state index is 0.0544. The van der Waals surface area contributed by atoms with Gasteiger partial charge in [-0.15, -0.1) is 0 Å². The summed E-state index contributed by atoms with van der Waals surface area (Å²) in [4.78, 5) is 12.2. The Morgan fingerprint density at radius 1 is 0.893 bits per heavy atom. The van der Waals surface area contributed by atoms with E-state index in [0.717, 1.165) is 23.3 Å². The highest BCUT2D eigenvalue weighted by molar-refractivity contribution is 5.92. The molecule has 144 valence electrons. The molecule has 0 spiro atoms. The third kappa shape index (κ3) is 5.61. The van der Waals surface area contributed by atoms with Gasteiger partial charge in [0.2, 0.25) is 0 Å². The lowest BCUT2D eigenvalue weighted by molar-refractivity contribution is -0.118. The fourth-order valence-corrected chi connectivity index (χ4v) is 2.68. The van der Waals surface area contributed by atoms with Crippen LogP contribution < -0.4 is 14.8 Å². The molecule has 1 atom stereocenters. The Hall–Kier alpha value is -3.27. The topological polar surface area (TPSA) is 47.6 Å². The fourth-order valence-electron chi connectivity index (χ4n) is 2.68. The van der Waals surface area contributed by atoms with Gasteiger partial charge in [0.05, 0.1) is 6.10 Å². The first kappa shape index (κ1) is 19.5. The molecule has 0 heterocycles. The summed E-state index contributed by atoms with van der Waals surface area (Å²) in [6.07, 6.45) is 1.06. The first-order valence-corrected chi connectivity index (χ1v) is 9.49. The van der Waals surface area contributed by atoms with Gasteiger partial charge in [-0.05, 0) is 48.7 Å². The number of carbonyl (C=O) groups excluding carboxylic acids is 1. The van der Waals surface area contributed by atoms with E-state index in [1.54, 1.807) is 0 Å². The van der Waals surface area contributed by atoms with Crippen LogP contribution in [-0.2, 0) is 4.79 Å². The molecule has 3 aromatic carbocycles. The van der Waals surface area contributed by atoms with E-state index in [1.807, 2.05) is 73.7 Å². The zero-order valence-electron chi connectivity index (χ0n) is 16.2. The molecule has 3 rings (SSSR count). The highest BCUT2D eigenvalue weighted by Gasteiger charge is 2.07. The second-order valence-corrected chi connectivity index (χ2v) is 6.59. The normalized spacial score (nSPS) is 11.5. The Bertz CT molecular complexity index is 891. The molecule has 0 fully saturated rings. The van der Waals surface area contributed by atoms with Gasteiger partial charge in [0, 0.05) is 11.8 Å². The van der Waals surface area contributed by atoms with E-state index < -0.39 is 0 Å². The summed E-state index contributed by atoms with van der Waals surface area (Å²) < 4.78 is 11.4. The minimum Gasteiger partial charge on any atom is -0.491 e. The van der Waals surface area contributed by atoms with E-state index in [4.69, 9.17) is 9.47 Å². The number of hydrogen-bond acceptors (Lipinski definition) is 3. The highest BCUT2D eigenvalue weighted by Crippen LogP contribution is 2.22. The van der Waals surface area contributed by atoms with Crippen molar-refractivity contribution in [3.05, 3.63) is 78.9 Å². The van der Waals surface area contributed by atoms with Crippen molar-refractivity contribution in [1.82, 2.24) is 0 Å². The molecule has 1 unspecified atom stereocenters. The molecule has 1 amide bonds. The number of rotatable bonds is 8. The van der Waals surface area contributed by atoms with Gasteiger partial charge in [-0.3, -0.25) is 4.79 Å². The average molecular weight is 375 g/mol. The van der Waals surface area contributed by atoms with Crippen LogP contribution in [0.1, 0.15) is 20.3 Å². The molecule has 0 saturated carbocycles. The Labute approximate surface area is 166 Å². The number of hydrogen-bond donors (Lipinski definition) is 1. The Morgan fingerprint density at radius 3 is 2.32 bits per heavy atom. The molecule has 4 heteroatoms. The van der Waals surface area contributed by atoms with Crippen molar-refractivity contribution in [3.8, 4) is 22.6 Å². The second kappa shape index (κ2) is 9.60. The smallest absolute Gasteiger partial charge is 0.262 e. The van der Waals surface area contributed by atoms with Gasteiger partial charge in [-0.2, -0.15) is 0 Å². The van der Waals surface area contributed by atoms with Crippen LogP contribution in [0.4, 0.5) is 5.69 Å². The van der Waals surface area contributed by atoms with Crippen LogP contribution in [0, 0.1) is 0 Å². The van der Waals surface area contributed by atoms with Crippen molar-refractivity contribution in [2.75, 3.05) is 11.9 Å². The summed E-state index contributed by atoms with van der Waals surface area (Å²) in [7, 11) is 0. The van der Waals surface area contributed by atoms with Gasteiger partial charge < -0.3 is 14.8 Å². The van der Waals surface area contributed by atoms with E-state index in [1.165, 1.54) is 0 Å². The Balaban J connectivity index is 1.52. The quantitative estimate of drug-likeness (QED) is 0.562.